The standard InChI is InChI=1S/C31H31FN6O3/c1-5-26(39)35-23-8-6-7-19(15-23)27-25(32)14-9-20-16-33-29(37-28(20)27)36-22-12-10-21(11-13-22)34-24-17-38(18-24)30(40)41-31(2,3)4/h5-16,24,34H,1,17-18H2,2-4H3,(H,35,39)(H,33,36,37). The van der Waals surface area contributed by atoms with Gasteiger partial charge in [0.25, 0.3) is 0 Å². The van der Waals surface area contributed by atoms with Crippen LogP contribution in [0.15, 0.2) is 79.5 Å². The van der Waals surface area contributed by atoms with Crippen molar-refractivity contribution >= 4 is 45.9 Å². The highest BCUT2D eigenvalue weighted by atomic mass is 19.1. The third kappa shape index (κ3) is 6.60. The topological polar surface area (TPSA) is 108 Å². The molecule has 5 rings (SSSR count). The van der Waals surface area contributed by atoms with Gasteiger partial charge in [0.1, 0.15) is 11.4 Å². The van der Waals surface area contributed by atoms with E-state index in [0.29, 0.717) is 46.8 Å². The number of nitrogens with zero attached hydrogens (tertiary/aromatic N) is 3. The van der Waals surface area contributed by atoms with Gasteiger partial charge in [-0.05, 0) is 80.9 Å². The Morgan fingerprint density at radius 3 is 2.49 bits per heavy atom. The molecule has 1 aromatic heterocycles. The molecule has 1 fully saturated rings. The minimum atomic E-state index is -0.515. The van der Waals surface area contributed by atoms with E-state index < -0.39 is 11.4 Å². The zero-order valence-electron chi connectivity index (χ0n) is 23.1. The number of fused-ring (bicyclic) bond motifs is 1. The average molecular weight is 555 g/mol. The molecule has 0 unspecified atom stereocenters. The highest BCUT2D eigenvalue weighted by Crippen LogP contribution is 2.32. The first kappa shape index (κ1) is 27.6. The molecule has 3 N–H and O–H groups in total. The van der Waals surface area contributed by atoms with Crippen LogP contribution in [-0.4, -0.2) is 51.6 Å². The lowest BCUT2D eigenvalue weighted by atomic mass is 10.0. The molecule has 0 saturated carbocycles. The lowest BCUT2D eigenvalue weighted by molar-refractivity contribution is -0.111. The molecular weight excluding hydrogens is 523 g/mol. The number of carbonyl (C=O) groups excluding carboxylic acids is 2. The quantitative estimate of drug-likeness (QED) is 0.229. The molecule has 210 valence electrons. The Morgan fingerprint density at radius 2 is 1.78 bits per heavy atom. The van der Waals surface area contributed by atoms with Crippen molar-refractivity contribution in [3.05, 3.63) is 85.3 Å². The number of benzene rings is 3. The van der Waals surface area contributed by atoms with Crippen LogP contribution in [0.4, 0.5) is 32.2 Å². The molecule has 9 nitrogen and oxygen atoms in total. The SMILES string of the molecule is C=CC(=O)Nc1cccc(-c2c(F)ccc3cnc(Nc4ccc(NC5CN(C(=O)OC(C)(C)C)C5)cc4)nc23)c1. The Balaban J connectivity index is 1.28. The van der Waals surface area contributed by atoms with Gasteiger partial charge in [0.15, 0.2) is 0 Å². The fourth-order valence-electron chi connectivity index (χ4n) is 4.41. The first-order valence-electron chi connectivity index (χ1n) is 13.2. The lowest BCUT2D eigenvalue weighted by Crippen LogP contribution is -2.57. The van der Waals surface area contributed by atoms with Gasteiger partial charge in [0.05, 0.1) is 11.6 Å². The summed E-state index contributed by atoms with van der Waals surface area (Å²) in [6.07, 6.45) is 2.51. The third-order valence-corrected chi connectivity index (χ3v) is 6.35. The normalized spacial score (nSPS) is 13.3. The molecule has 2 heterocycles. The summed E-state index contributed by atoms with van der Waals surface area (Å²) in [5.41, 5.74) is 2.98. The lowest BCUT2D eigenvalue weighted by Gasteiger charge is -2.40. The molecule has 0 aliphatic carbocycles. The molecular formula is C31H31FN6O3. The molecule has 2 amide bonds. The molecule has 0 atom stereocenters. The number of anilines is 4. The second-order valence-electron chi connectivity index (χ2n) is 10.8. The van der Waals surface area contributed by atoms with Crippen LogP contribution in [0.3, 0.4) is 0 Å². The van der Waals surface area contributed by atoms with E-state index in [4.69, 9.17) is 4.74 Å². The van der Waals surface area contributed by atoms with E-state index in [1.807, 2.05) is 45.0 Å². The van der Waals surface area contributed by atoms with Crippen LogP contribution in [0.25, 0.3) is 22.0 Å². The van der Waals surface area contributed by atoms with Crippen molar-refractivity contribution in [2.75, 3.05) is 29.0 Å². The van der Waals surface area contributed by atoms with Crippen molar-refractivity contribution in [3.63, 3.8) is 0 Å². The second kappa shape index (κ2) is 11.2. The first-order valence-corrected chi connectivity index (χ1v) is 13.2. The monoisotopic (exact) mass is 554 g/mol. The second-order valence-corrected chi connectivity index (χ2v) is 10.8. The van der Waals surface area contributed by atoms with E-state index in [1.54, 1.807) is 41.4 Å². The van der Waals surface area contributed by atoms with Gasteiger partial charge in [-0.1, -0.05) is 18.7 Å². The summed E-state index contributed by atoms with van der Waals surface area (Å²) in [6, 6.07) is 17.7. The first-order chi connectivity index (χ1) is 19.6. The maximum atomic E-state index is 15.1. The van der Waals surface area contributed by atoms with Gasteiger partial charge in [-0.2, -0.15) is 0 Å². The Bertz CT molecular complexity index is 1610. The van der Waals surface area contributed by atoms with Crippen molar-refractivity contribution in [2.24, 2.45) is 0 Å². The third-order valence-electron chi connectivity index (χ3n) is 6.35. The van der Waals surface area contributed by atoms with Crippen molar-refractivity contribution in [1.29, 1.82) is 0 Å². The van der Waals surface area contributed by atoms with E-state index in [0.717, 1.165) is 11.4 Å². The number of amides is 2. The number of hydrogen-bond donors (Lipinski definition) is 3. The minimum Gasteiger partial charge on any atom is -0.444 e. The van der Waals surface area contributed by atoms with Crippen LogP contribution in [0.1, 0.15) is 20.8 Å². The summed E-state index contributed by atoms with van der Waals surface area (Å²) in [5, 5.41) is 9.97. The summed E-state index contributed by atoms with van der Waals surface area (Å²) in [6.45, 7) is 10.2. The van der Waals surface area contributed by atoms with Gasteiger partial charge in [0, 0.05) is 47.3 Å². The highest BCUT2D eigenvalue weighted by Gasteiger charge is 2.33. The molecule has 10 heteroatoms. The zero-order chi connectivity index (χ0) is 29.1. The Morgan fingerprint density at radius 1 is 1.05 bits per heavy atom. The zero-order valence-corrected chi connectivity index (χ0v) is 23.1. The number of halogens is 1. The maximum Gasteiger partial charge on any atom is 0.410 e. The molecule has 0 bridgehead atoms. The van der Waals surface area contributed by atoms with Gasteiger partial charge < -0.3 is 25.6 Å². The number of likely N-dealkylation sites (tertiary alicyclic amines) is 1. The Labute approximate surface area is 237 Å². The number of hydrogen-bond acceptors (Lipinski definition) is 7. The summed E-state index contributed by atoms with van der Waals surface area (Å²) in [4.78, 5) is 34.6. The summed E-state index contributed by atoms with van der Waals surface area (Å²) in [7, 11) is 0. The fraction of sp³-hybridized carbons (Fsp3) is 0.226. The molecule has 41 heavy (non-hydrogen) atoms. The molecule has 3 aromatic carbocycles. The van der Waals surface area contributed by atoms with Crippen molar-refractivity contribution in [1.82, 2.24) is 14.9 Å². The molecule has 0 radical (unpaired) electrons. The predicted octanol–water partition coefficient (Wildman–Crippen LogP) is 6.34. The molecule has 1 aliphatic heterocycles. The van der Waals surface area contributed by atoms with Crippen LogP contribution in [0.2, 0.25) is 0 Å². The molecule has 1 aliphatic rings. The number of nitrogens with one attached hydrogen (secondary N) is 3. The van der Waals surface area contributed by atoms with E-state index >= 15 is 4.39 Å². The summed E-state index contributed by atoms with van der Waals surface area (Å²) < 4.78 is 20.5. The van der Waals surface area contributed by atoms with E-state index in [2.05, 4.69) is 32.5 Å². The van der Waals surface area contributed by atoms with E-state index in [-0.39, 0.29) is 18.0 Å². The Kier molecular flexibility index (Phi) is 7.56. The van der Waals surface area contributed by atoms with Crippen LogP contribution >= 0.6 is 0 Å². The van der Waals surface area contributed by atoms with Gasteiger partial charge in [-0.15, -0.1) is 0 Å². The summed E-state index contributed by atoms with van der Waals surface area (Å²) in [5.74, 6) is -0.481. The van der Waals surface area contributed by atoms with Gasteiger partial charge >= 0.3 is 6.09 Å². The summed E-state index contributed by atoms with van der Waals surface area (Å²) >= 11 is 0. The Hall–Kier alpha value is -4.99. The van der Waals surface area contributed by atoms with Gasteiger partial charge in [0.2, 0.25) is 11.9 Å². The van der Waals surface area contributed by atoms with Crippen molar-refractivity contribution in [2.45, 2.75) is 32.4 Å². The maximum absolute atomic E-state index is 15.1. The highest BCUT2D eigenvalue weighted by molar-refractivity contribution is 6.00. The van der Waals surface area contributed by atoms with Crippen LogP contribution in [-0.2, 0) is 9.53 Å². The fourth-order valence-corrected chi connectivity index (χ4v) is 4.41. The van der Waals surface area contributed by atoms with Crippen LogP contribution in [0.5, 0.6) is 0 Å². The van der Waals surface area contributed by atoms with Crippen LogP contribution < -0.4 is 16.0 Å². The predicted molar refractivity (Wildman–Crippen MR) is 159 cm³/mol. The number of ether oxygens (including phenoxy) is 1. The van der Waals surface area contributed by atoms with Crippen molar-refractivity contribution < 1.29 is 18.7 Å². The average Bonchev–Trinajstić information content (AvgIpc) is 2.90. The van der Waals surface area contributed by atoms with E-state index in [9.17, 15) is 9.59 Å². The number of aromatic nitrogens is 2. The molecule has 1 saturated heterocycles. The largest absolute Gasteiger partial charge is 0.444 e. The molecule has 0 spiro atoms. The van der Waals surface area contributed by atoms with Crippen LogP contribution in [0, 0.1) is 5.82 Å². The van der Waals surface area contributed by atoms with Gasteiger partial charge in [-0.25, -0.2) is 19.2 Å². The minimum absolute atomic E-state index is 0.141. The number of rotatable bonds is 7. The van der Waals surface area contributed by atoms with E-state index in [1.165, 1.54) is 12.1 Å². The van der Waals surface area contributed by atoms with Gasteiger partial charge in [-0.3, -0.25) is 4.79 Å². The smallest absolute Gasteiger partial charge is 0.410 e. The molecule has 4 aromatic rings. The van der Waals surface area contributed by atoms with Crippen molar-refractivity contribution in [3.8, 4) is 11.1 Å². The number of carbonyl (C=O) groups is 2.